The summed E-state index contributed by atoms with van der Waals surface area (Å²) < 4.78 is 0. The molecule has 0 unspecified atom stereocenters. The molecule has 0 saturated heterocycles. The summed E-state index contributed by atoms with van der Waals surface area (Å²) in [6.45, 7) is 9.58. The van der Waals surface area contributed by atoms with Crippen molar-refractivity contribution in [2.45, 2.75) is 90.8 Å². The van der Waals surface area contributed by atoms with E-state index in [0.29, 0.717) is 0 Å². The fourth-order valence-electron chi connectivity index (χ4n) is 1.99. The number of rotatable bonds is 11. The second kappa shape index (κ2) is 10.4. The third-order valence-corrected chi connectivity index (χ3v) is 4.58. The van der Waals surface area contributed by atoms with Crippen molar-refractivity contribution in [1.29, 1.82) is 0 Å². The Hall–Kier alpha value is 0.217. The summed E-state index contributed by atoms with van der Waals surface area (Å²) in [6, 6.07) is 2.61. The van der Waals surface area contributed by atoms with Gasteiger partial charge in [-0.2, -0.15) is 0 Å². The van der Waals surface area contributed by atoms with Gasteiger partial charge in [-0.3, -0.25) is 0 Å². The first-order chi connectivity index (χ1) is 7.56. The van der Waals surface area contributed by atoms with Crippen LogP contribution in [0.15, 0.2) is 0 Å². The Morgan fingerprint density at radius 1 is 0.688 bits per heavy atom. The van der Waals surface area contributed by atoms with Gasteiger partial charge in [-0.1, -0.05) is 90.8 Å². The van der Waals surface area contributed by atoms with E-state index in [4.69, 9.17) is 0 Å². The van der Waals surface area contributed by atoms with Gasteiger partial charge < -0.3 is 0 Å². The summed E-state index contributed by atoms with van der Waals surface area (Å²) in [5.41, 5.74) is 0. The lowest BCUT2D eigenvalue weighted by Crippen LogP contribution is -2.20. The molecule has 0 rings (SSSR count). The zero-order chi connectivity index (χ0) is 12.3. The van der Waals surface area contributed by atoms with Gasteiger partial charge in [0, 0.05) is 8.07 Å². The average molecular weight is 242 g/mol. The van der Waals surface area contributed by atoms with Crippen LogP contribution >= 0.6 is 0 Å². The summed E-state index contributed by atoms with van der Waals surface area (Å²) in [7, 11) is -0.873. The van der Waals surface area contributed by atoms with Crippen LogP contribution < -0.4 is 0 Å². The lowest BCUT2D eigenvalue weighted by atomic mass is 10.1. The molecule has 0 aliphatic rings. The molecule has 0 spiro atoms. The molecule has 0 aliphatic carbocycles. The van der Waals surface area contributed by atoms with E-state index >= 15 is 0 Å². The molecule has 0 bridgehead atoms. The lowest BCUT2D eigenvalue weighted by Gasteiger charge is -2.14. The van der Waals surface area contributed by atoms with Gasteiger partial charge in [-0.15, -0.1) is 0 Å². The van der Waals surface area contributed by atoms with Gasteiger partial charge in [-0.05, 0) is 6.04 Å². The van der Waals surface area contributed by atoms with Crippen molar-refractivity contribution in [3.63, 3.8) is 0 Å². The maximum absolute atomic E-state index is 2.61. The summed E-state index contributed by atoms with van der Waals surface area (Å²) in [4.78, 5) is 0. The quantitative estimate of drug-likeness (QED) is 0.308. The highest BCUT2D eigenvalue weighted by Gasteiger charge is 2.11. The third-order valence-electron chi connectivity index (χ3n) is 3.06. The van der Waals surface area contributed by atoms with Crippen LogP contribution in [0.2, 0.25) is 19.6 Å². The summed E-state index contributed by atoms with van der Waals surface area (Å²) in [6.07, 6.45) is 14.4. The minimum Gasteiger partial charge on any atom is -0.0693 e. The third kappa shape index (κ3) is 14.2. The van der Waals surface area contributed by atoms with Gasteiger partial charge in [-0.25, -0.2) is 0 Å². The zero-order valence-electron chi connectivity index (χ0n) is 12.1. The molecular weight excluding hydrogens is 208 g/mol. The van der Waals surface area contributed by atoms with Crippen molar-refractivity contribution in [1.82, 2.24) is 0 Å². The van der Waals surface area contributed by atoms with Crippen LogP contribution in [-0.2, 0) is 0 Å². The van der Waals surface area contributed by atoms with E-state index in [1.54, 1.807) is 0 Å². The van der Waals surface area contributed by atoms with Crippen molar-refractivity contribution in [3.05, 3.63) is 6.04 Å². The van der Waals surface area contributed by atoms with E-state index in [9.17, 15) is 0 Å². The molecule has 0 aromatic carbocycles. The first kappa shape index (κ1) is 16.2. The SMILES string of the molecule is CCCCCCCCCCC[CH][Si](C)(C)C. The second-order valence-corrected chi connectivity index (χ2v) is 11.3. The number of hydrogen-bond acceptors (Lipinski definition) is 0. The molecule has 16 heavy (non-hydrogen) atoms. The summed E-state index contributed by atoms with van der Waals surface area (Å²) in [5.74, 6) is 0. The van der Waals surface area contributed by atoms with Crippen molar-refractivity contribution in [2.75, 3.05) is 0 Å². The molecule has 1 radical (unpaired) electrons. The van der Waals surface area contributed by atoms with E-state index < -0.39 is 8.07 Å². The van der Waals surface area contributed by atoms with E-state index in [2.05, 4.69) is 32.6 Å². The van der Waals surface area contributed by atoms with Gasteiger partial charge in [0.05, 0.1) is 0 Å². The highest BCUT2D eigenvalue weighted by Crippen LogP contribution is 2.14. The van der Waals surface area contributed by atoms with E-state index in [1.807, 2.05) is 0 Å². The molecule has 0 amide bonds. The molecule has 0 fully saturated rings. The van der Waals surface area contributed by atoms with Crippen LogP contribution in [0, 0.1) is 6.04 Å². The molecule has 0 nitrogen and oxygen atoms in total. The van der Waals surface area contributed by atoms with E-state index in [-0.39, 0.29) is 0 Å². The first-order valence-corrected chi connectivity index (χ1v) is 11.0. The van der Waals surface area contributed by atoms with Crippen molar-refractivity contribution >= 4 is 8.07 Å². The minimum atomic E-state index is -0.873. The van der Waals surface area contributed by atoms with Crippen molar-refractivity contribution in [3.8, 4) is 0 Å². The standard InChI is InChI=1S/C15H33Si/c1-5-6-7-8-9-10-11-12-13-14-15-16(2,3)4/h15H,5-14H2,1-4H3. The maximum atomic E-state index is 2.61. The Bertz CT molecular complexity index is 135. The van der Waals surface area contributed by atoms with Crippen molar-refractivity contribution < 1.29 is 0 Å². The van der Waals surface area contributed by atoms with Gasteiger partial charge in [0.15, 0.2) is 0 Å². The van der Waals surface area contributed by atoms with Crippen molar-refractivity contribution in [2.24, 2.45) is 0 Å². The van der Waals surface area contributed by atoms with Crippen LogP contribution in [0.3, 0.4) is 0 Å². The average Bonchev–Trinajstić information content (AvgIpc) is 2.19. The number of hydrogen-bond donors (Lipinski definition) is 0. The Labute approximate surface area is 105 Å². The largest absolute Gasteiger partial charge is 0.0693 e. The number of unbranched alkanes of at least 4 members (excludes halogenated alkanes) is 9. The molecule has 0 saturated carbocycles. The molecule has 0 aromatic rings. The van der Waals surface area contributed by atoms with Crippen LogP contribution in [0.5, 0.6) is 0 Å². The summed E-state index contributed by atoms with van der Waals surface area (Å²) in [5, 5.41) is 0. The predicted molar refractivity (Wildman–Crippen MR) is 79.5 cm³/mol. The van der Waals surface area contributed by atoms with Gasteiger partial charge in [0.25, 0.3) is 0 Å². The van der Waals surface area contributed by atoms with Gasteiger partial charge >= 0.3 is 0 Å². The smallest absolute Gasteiger partial charge is 0.0473 e. The molecule has 0 N–H and O–H groups in total. The monoisotopic (exact) mass is 241 g/mol. The fourth-order valence-corrected chi connectivity index (χ4v) is 3.06. The van der Waals surface area contributed by atoms with E-state index in [0.717, 1.165) is 0 Å². The fraction of sp³-hybridized carbons (Fsp3) is 0.933. The van der Waals surface area contributed by atoms with Crippen LogP contribution in [-0.4, -0.2) is 8.07 Å². The molecule has 1 heteroatoms. The van der Waals surface area contributed by atoms with Crippen LogP contribution in [0.25, 0.3) is 0 Å². The minimum absolute atomic E-state index is 0.873. The maximum Gasteiger partial charge on any atom is 0.0473 e. The normalized spacial score (nSPS) is 12.0. The molecule has 0 heterocycles. The first-order valence-electron chi connectivity index (χ1n) is 7.40. The zero-order valence-corrected chi connectivity index (χ0v) is 13.1. The Balaban J connectivity index is 2.99. The van der Waals surface area contributed by atoms with Crippen LogP contribution in [0.4, 0.5) is 0 Å². The lowest BCUT2D eigenvalue weighted by molar-refractivity contribution is 0.565. The van der Waals surface area contributed by atoms with Gasteiger partial charge in [0.2, 0.25) is 0 Å². The molecule has 0 atom stereocenters. The Morgan fingerprint density at radius 3 is 1.56 bits per heavy atom. The summed E-state index contributed by atoms with van der Waals surface area (Å²) >= 11 is 0. The predicted octanol–water partition coefficient (Wildman–Crippen LogP) is 5.99. The Kier molecular flexibility index (Phi) is 10.5. The van der Waals surface area contributed by atoms with Crippen LogP contribution in [0.1, 0.15) is 71.1 Å². The highest BCUT2D eigenvalue weighted by molar-refractivity contribution is 6.79. The molecular formula is C15H33Si. The topological polar surface area (TPSA) is 0 Å². The second-order valence-electron chi connectivity index (χ2n) is 6.19. The molecule has 97 valence electrons. The highest BCUT2D eigenvalue weighted by atomic mass is 28.3. The Morgan fingerprint density at radius 2 is 1.12 bits per heavy atom. The molecule has 0 aliphatic heterocycles. The van der Waals surface area contributed by atoms with E-state index in [1.165, 1.54) is 64.2 Å². The molecule has 0 aromatic heterocycles. The van der Waals surface area contributed by atoms with Gasteiger partial charge in [0.1, 0.15) is 0 Å².